The van der Waals surface area contributed by atoms with Gasteiger partial charge in [0.25, 0.3) is 0 Å². The topological polar surface area (TPSA) is 35.0 Å². The molecule has 0 N–H and O–H groups in total. The zero-order valence-corrected chi connectivity index (χ0v) is 10.5. The van der Waals surface area contributed by atoms with Crippen LogP contribution in [0.5, 0.6) is 5.75 Å². The number of hydrogen-bond acceptors (Lipinski definition) is 5. The first-order chi connectivity index (χ1) is 7.35. The van der Waals surface area contributed by atoms with E-state index in [-0.39, 0.29) is 0 Å². The Bertz CT molecular complexity index is 441. The first kappa shape index (κ1) is 10.9. The van der Waals surface area contributed by atoms with Crippen molar-refractivity contribution in [2.45, 2.75) is 6.42 Å². The molecular weight excluding hydrogens is 252 g/mol. The lowest BCUT2D eigenvalue weighted by Crippen LogP contribution is -1.83. The van der Waals surface area contributed by atoms with Crippen molar-refractivity contribution in [3.63, 3.8) is 0 Å². The molecule has 80 valence electrons. The molecular formula is C9H9ClN2OS2. The third kappa shape index (κ3) is 2.30. The van der Waals surface area contributed by atoms with Crippen LogP contribution in [0.4, 0.5) is 0 Å². The number of hydrogen-bond donors (Lipinski definition) is 0. The monoisotopic (exact) mass is 260 g/mol. The smallest absolute Gasteiger partial charge is 0.161 e. The Morgan fingerprint density at radius 2 is 2.33 bits per heavy atom. The van der Waals surface area contributed by atoms with Gasteiger partial charge in [-0.3, -0.25) is 0 Å². The number of ether oxygens (including phenoxy) is 1. The van der Waals surface area contributed by atoms with E-state index in [2.05, 4.69) is 10.2 Å². The van der Waals surface area contributed by atoms with Gasteiger partial charge in [-0.1, -0.05) is 11.3 Å². The number of halogens is 1. The fraction of sp³-hybridized carbons (Fsp3) is 0.333. The molecule has 0 aliphatic heterocycles. The average Bonchev–Trinajstić information content (AvgIpc) is 2.84. The van der Waals surface area contributed by atoms with Crippen molar-refractivity contribution in [2.75, 3.05) is 13.0 Å². The summed E-state index contributed by atoms with van der Waals surface area (Å²) in [7, 11) is 1.66. The minimum atomic E-state index is 0.580. The first-order valence-corrected chi connectivity index (χ1v) is 6.58. The molecule has 2 aromatic rings. The van der Waals surface area contributed by atoms with E-state index in [1.807, 2.05) is 11.4 Å². The number of aryl methyl sites for hydroxylation is 1. The Morgan fingerprint density at radius 1 is 1.47 bits per heavy atom. The summed E-state index contributed by atoms with van der Waals surface area (Å²) in [4.78, 5) is 1.04. The fourth-order valence-electron chi connectivity index (χ4n) is 1.14. The second-order valence-corrected chi connectivity index (χ2v) is 5.11. The van der Waals surface area contributed by atoms with Crippen LogP contribution in [-0.4, -0.2) is 23.2 Å². The number of nitrogens with zero attached hydrogens (tertiary/aromatic N) is 2. The zero-order valence-electron chi connectivity index (χ0n) is 8.07. The van der Waals surface area contributed by atoms with Crippen LogP contribution in [-0.2, 0) is 6.42 Å². The largest absolute Gasteiger partial charge is 0.495 e. The molecule has 0 saturated heterocycles. The molecule has 0 aliphatic carbocycles. The third-order valence-corrected chi connectivity index (χ3v) is 4.04. The van der Waals surface area contributed by atoms with Crippen molar-refractivity contribution in [3.8, 4) is 15.6 Å². The van der Waals surface area contributed by atoms with Crippen LogP contribution in [0.1, 0.15) is 5.01 Å². The van der Waals surface area contributed by atoms with Crippen molar-refractivity contribution in [3.05, 3.63) is 16.5 Å². The van der Waals surface area contributed by atoms with Gasteiger partial charge < -0.3 is 4.74 Å². The van der Waals surface area contributed by atoms with Gasteiger partial charge in [-0.15, -0.1) is 33.1 Å². The molecule has 3 nitrogen and oxygen atoms in total. The molecule has 6 heteroatoms. The number of rotatable bonds is 4. The van der Waals surface area contributed by atoms with Crippen molar-refractivity contribution in [2.24, 2.45) is 0 Å². The average molecular weight is 261 g/mol. The van der Waals surface area contributed by atoms with Crippen molar-refractivity contribution in [1.82, 2.24) is 10.2 Å². The number of methoxy groups -OCH3 is 1. The molecule has 0 radical (unpaired) electrons. The van der Waals surface area contributed by atoms with Crippen LogP contribution in [0.15, 0.2) is 11.4 Å². The summed E-state index contributed by atoms with van der Waals surface area (Å²) in [6, 6.07) is 1.93. The summed E-state index contributed by atoms with van der Waals surface area (Å²) in [5.74, 6) is 1.43. The quantitative estimate of drug-likeness (QED) is 0.793. The molecule has 0 atom stereocenters. The summed E-state index contributed by atoms with van der Waals surface area (Å²) < 4.78 is 5.23. The van der Waals surface area contributed by atoms with Crippen LogP contribution >= 0.6 is 34.3 Å². The molecule has 0 aromatic carbocycles. The fourth-order valence-corrected chi connectivity index (χ4v) is 3.22. The Kier molecular flexibility index (Phi) is 3.56. The maximum absolute atomic E-state index is 5.65. The highest BCUT2D eigenvalue weighted by Crippen LogP contribution is 2.36. The summed E-state index contributed by atoms with van der Waals surface area (Å²) in [5.41, 5.74) is 0. The van der Waals surface area contributed by atoms with Gasteiger partial charge in [0.05, 0.1) is 7.11 Å². The van der Waals surface area contributed by atoms with Crippen molar-refractivity contribution in [1.29, 1.82) is 0 Å². The molecule has 0 saturated carbocycles. The minimum Gasteiger partial charge on any atom is -0.495 e. The highest BCUT2D eigenvalue weighted by Gasteiger charge is 2.12. The van der Waals surface area contributed by atoms with Crippen molar-refractivity contribution < 1.29 is 4.74 Å². The normalized spacial score (nSPS) is 10.5. The van der Waals surface area contributed by atoms with Gasteiger partial charge in [-0.25, -0.2) is 0 Å². The molecule has 0 fully saturated rings. The van der Waals surface area contributed by atoms with Crippen LogP contribution in [0.25, 0.3) is 9.88 Å². The maximum atomic E-state index is 5.65. The molecule has 0 aliphatic rings. The van der Waals surface area contributed by atoms with Gasteiger partial charge in [-0.2, -0.15) is 0 Å². The van der Waals surface area contributed by atoms with E-state index >= 15 is 0 Å². The Morgan fingerprint density at radius 3 is 3.07 bits per heavy atom. The molecule has 2 aromatic heterocycles. The Hall–Kier alpha value is -0.650. The summed E-state index contributed by atoms with van der Waals surface area (Å²) >= 11 is 8.82. The summed E-state index contributed by atoms with van der Waals surface area (Å²) in [5, 5.41) is 12.1. The third-order valence-electron chi connectivity index (χ3n) is 1.82. The van der Waals surface area contributed by atoms with Gasteiger partial charge >= 0.3 is 0 Å². The summed E-state index contributed by atoms with van der Waals surface area (Å²) in [6.45, 7) is 0. The second kappa shape index (κ2) is 4.92. The molecule has 2 rings (SSSR count). The van der Waals surface area contributed by atoms with Gasteiger partial charge in [0, 0.05) is 12.3 Å². The molecule has 0 spiro atoms. The molecule has 2 heterocycles. The SMILES string of the molecule is COc1ccsc1-c1nnc(CCCl)s1. The Balaban J connectivity index is 2.28. The minimum absolute atomic E-state index is 0.580. The first-order valence-electron chi connectivity index (χ1n) is 4.35. The van der Waals surface area contributed by atoms with Crippen LogP contribution in [0, 0.1) is 0 Å². The van der Waals surface area contributed by atoms with Crippen LogP contribution < -0.4 is 4.74 Å². The van der Waals surface area contributed by atoms with E-state index in [1.54, 1.807) is 29.8 Å². The van der Waals surface area contributed by atoms with E-state index in [0.29, 0.717) is 5.88 Å². The van der Waals surface area contributed by atoms with Crippen molar-refractivity contribution >= 4 is 34.3 Å². The summed E-state index contributed by atoms with van der Waals surface area (Å²) in [6.07, 6.45) is 0.771. The van der Waals surface area contributed by atoms with Gasteiger partial charge in [0.2, 0.25) is 0 Å². The number of aromatic nitrogens is 2. The zero-order chi connectivity index (χ0) is 10.7. The van der Waals surface area contributed by atoms with E-state index in [1.165, 1.54) is 0 Å². The van der Waals surface area contributed by atoms with Gasteiger partial charge in [0.1, 0.15) is 15.6 Å². The highest BCUT2D eigenvalue weighted by atomic mass is 35.5. The molecule has 0 bridgehead atoms. The van der Waals surface area contributed by atoms with E-state index in [9.17, 15) is 0 Å². The second-order valence-electron chi connectivity index (χ2n) is 2.76. The van der Waals surface area contributed by atoms with Crippen LogP contribution in [0.3, 0.4) is 0 Å². The standard InChI is InChI=1S/C9H9ClN2OS2/c1-13-6-3-5-14-8(6)9-12-11-7(15-9)2-4-10/h3,5H,2,4H2,1H3. The van der Waals surface area contributed by atoms with Gasteiger partial charge in [0.15, 0.2) is 5.01 Å². The lowest BCUT2D eigenvalue weighted by molar-refractivity contribution is 0.418. The predicted molar refractivity (Wildman–Crippen MR) is 64.2 cm³/mol. The van der Waals surface area contributed by atoms with E-state index in [4.69, 9.17) is 16.3 Å². The highest BCUT2D eigenvalue weighted by molar-refractivity contribution is 7.21. The number of alkyl halides is 1. The van der Waals surface area contributed by atoms with Crippen LogP contribution in [0.2, 0.25) is 0 Å². The predicted octanol–water partition coefficient (Wildman–Crippen LogP) is 3.06. The molecule has 15 heavy (non-hydrogen) atoms. The molecule has 0 unspecified atom stereocenters. The molecule has 0 amide bonds. The number of thiophene rings is 1. The Labute approximate surface area is 101 Å². The van der Waals surface area contributed by atoms with E-state index in [0.717, 1.165) is 27.1 Å². The maximum Gasteiger partial charge on any atom is 0.161 e. The lowest BCUT2D eigenvalue weighted by atomic mass is 10.4. The van der Waals surface area contributed by atoms with E-state index < -0.39 is 0 Å². The van der Waals surface area contributed by atoms with Gasteiger partial charge in [-0.05, 0) is 11.4 Å². The lowest BCUT2D eigenvalue weighted by Gasteiger charge is -1.96.